The molecule has 0 bridgehead atoms. The molecule has 2 heterocycles. The molecule has 2 atom stereocenters. The van der Waals surface area contributed by atoms with E-state index in [1.807, 2.05) is 23.1 Å². The molecular formula is C21H28N4O2. The van der Waals surface area contributed by atoms with Crippen LogP contribution in [0.4, 0.5) is 0 Å². The lowest BCUT2D eigenvalue weighted by Gasteiger charge is -2.23. The van der Waals surface area contributed by atoms with Crippen LogP contribution in [0.3, 0.4) is 0 Å². The van der Waals surface area contributed by atoms with Gasteiger partial charge in [0, 0.05) is 31.0 Å². The van der Waals surface area contributed by atoms with Gasteiger partial charge in [0.25, 0.3) is 5.91 Å². The van der Waals surface area contributed by atoms with Crippen LogP contribution in [0.15, 0.2) is 30.5 Å². The summed E-state index contributed by atoms with van der Waals surface area (Å²) >= 11 is 0. The van der Waals surface area contributed by atoms with Crippen LogP contribution < -0.4 is 10.5 Å². The van der Waals surface area contributed by atoms with E-state index in [2.05, 4.69) is 16.3 Å². The number of aromatic amines is 1. The lowest BCUT2D eigenvalue weighted by Crippen LogP contribution is -2.32. The molecule has 1 aromatic heterocycles. The van der Waals surface area contributed by atoms with E-state index in [1.54, 1.807) is 13.3 Å². The molecule has 0 radical (unpaired) electrons. The quantitative estimate of drug-likeness (QED) is 0.869. The number of nitrogens with one attached hydrogen (secondary N) is 1. The van der Waals surface area contributed by atoms with E-state index in [9.17, 15) is 4.79 Å². The van der Waals surface area contributed by atoms with Crippen molar-refractivity contribution in [1.82, 2.24) is 15.1 Å². The van der Waals surface area contributed by atoms with Gasteiger partial charge in [-0.2, -0.15) is 5.10 Å². The Bertz CT molecular complexity index is 797. The first-order valence-electron chi connectivity index (χ1n) is 9.89. The molecule has 0 unspecified atom stereocenters. The van der Waals surface area contributed by atoms with Crippen LogP contribution in [-0.2, 0) is 0 Å². The van der Waals surface area contributed by atoms with Gasteiger partial charge in [0.05, 0.1) is 24.6 Å². The summed E-state index contributed by atoms with van der Waals surface area (Å²) in [6.07, 6.45) is 7.70. The van der Waals surface area contributed by atoms with Gasteiger partial charge in [-0.25, -0.2) is 0 Å². The van der Waals surface area contributed by atoms with Crippen molar-refractivity contribution in [3.05, 3.63) is 47.3 Å². The van der Waals surface area contributed by atoms with Crippen molar-refractivity contribution < 1.29 is 9.53 Å². The highest BCUT2D eigenvalue weighted by Gasteiger charge is 2.36. The van der Waals surface area contributed by atoms with Gasteiger partial charge in [-0.05, 0) is 30.5 Å². The van der Waals surface area contributed by atoms with Crippen molar-refractivity contribution in [2.75, 3.05) is 20.2 Å². The molecule has 2 aromatic rings. The number of nitrogens with two attached hydrogens (primary N) is 1. The second kappa shape index (κ2) is 7.72. The van der Waals surface area contributed by atoms with Crippen LogP contribution in [0.5, 0.6) is 5.75 Å². The maximum Gasteiger partial charge on any atom is 0.257 e. The highest BCUT2D eigenvalue weighted by atomic mass is 16.5. The smallest absolute Gasteiger partial charge is 0.257 e. The zero-order valence-electron chi connectivity index (χ0n) is 15.9. The summed E-state index contributed by atoms with van der Waals surface area (Å²) in [5, 5.41) is 7.29. The topological polar surface area (TPSA) is 84.2 Å². The highest BCUT2D eigenvalue weighted by Crippen LogP contribution is 2.35. The van der Waals surface area contributed by atoms with Gasteiger partial charge in [-0.3, -0.25) is 9.89 Å². The van der Waals surface area contributed by atoms with E-state index >= 15 is 0 Å². The normalized spacial score (nSPS) is 23.6. The molecule has 4 rings (SSSR count). The van der Waals surface area contributed by atoms with E-state index in [0.717, 1.165) is 35.4 Å². The third-order valence-corrected chi connectivity index (χ3v) is 6.09. The van der Waals surface area contributed by atoms with Crippen LogP contribution in [-0.4, -0.2) is 47.2 Å². The molecule has 2 fully saturated rings. The number of methoxy groups -OCH3 is 1. The Kier molecular flexibility index (Phi) is 5.16. The molecule has 27 heavy (non-hydrogen) atoms. The summed E-state index contributed by atoms with van der Waals surface area (Å²) in [6, 6.07) is 7.90. The maximum atomic E-state index is 13.2. The number of likely N-dealkylation sites (tertiary alicyclic amines) is 1. The molecule has 2 aliphatic rings. The SMILES string of the molecule is COc1cccc([C@H]2CN(C(=O)c3cn[nH]c3C3CCCCC3)C[C@@H]2N)c1. The van der Waals surface area contributed by atoms with Gasteiger partial charge in [0.2, 0.25) is 0 Å². The van der Waals surface area contributed by atoms with Gasteiger partial charge >= 0.3 is 0 Å². The Hall–Kier alpha value is -2.34. The number of H-pyrrole nitrogens is 1. The molecule has 1 saturated heterocycles. The van der Waals surface area contributed by atoms with Crippen molar-refractivity contribution in [3.63, 3.8) is 0 Å². The molecule has 3 N–H and O–H groups in total. The minimum absolute atomic E-state index is 0.0465. The van der Waals surface area contributed by atoms with Crippen molar-refractivity contribution in [2.24, 2.45) is 5.73 Å². The summed E-state index contributed by atoms with van der Waals surface area (Å²) in [7, 11) is 1.66. The molecule has 1 aromatic carbocycles. The van der Waals surface area contributed by atoms with Crippen LogP contribution in [0, 0.1) is 0 Å². The number of rotatable bonds is 4. The van der Waals surface area contributed by atoms with Crippen molar-refractivity contribution in [2.45, 2.75) is 50.0 Å². The molecule has 6 heteroatoms. The Morgan fingerprint density at radius 1 is 1.26 bits per heavy atom. The monoisotopic (exact) mass is 368 g/mol. The van der Waals surface area contributed by atoms with Gasteiger partial charge in [0.1, 0.15) is 5.75 Å². The van der Waals surface area contributed by atoms with Crippen molar-refractivity contribution >= 4 is 5.91 Å². The van der Waals surface area contributed by atoms with Crippen molar-refractivity contribution in [3.8, 4) is 5.75 Å². The van der Waals surface area contributed by atoms with Crippen molar-refractivity contribution in [1.29, 1.82) is 0 Å². The predicted molar refractivity (Wildman–Crippen MR) is 104 cm³/mol. The first kappa shape index (κ1) is 18.0. The van der Waals surface area contributed by atoms with Gasteiger partial charge in [0.15, 0.2) is 0 Å². The van der Waals surface area contributed by atoms with Gasteiger partial charge < -0.3 is 15.4 Å². The molecule has 0 spiro atoms. The molecular weight excluding hydrogens is 340 g/mol. The number of amides is 1. The molecule has 6 nitrogen and oxygen atoms in total. The zero-order chi connectivity index (χ0) is 18.8. The number of hydrogen-bond donors (Lipinski definition) is 2. The highest BCUT2D eigenvalue weighted by molar-refractivity contribution is 5.95. The number of nitrogens with zero attached hydrogens (tertiary/aromatic N) is 2. The van der Waals surface area contributed by atoms with Crippen LogP contribution >= 0.6 is 0 Å². The second-order valence-electron chi connectivity index (χ2n) is 7.79. The average molecular weight is 368 g/mol. The molecule has 1 aliphatic heterocycles. The minimum Gasteiger partial charge on any atom is -0.497 e. The van der Waals surface area contributed by atoms with Crippen LogP contribution in [0.2, 0.25) is 0 Å². The number of carbonyl (C=O) groups is 1. The van der Waals surface area contributed by atoms with E-state index < -0.39 is 0 Å². The fraction of sp³-hybridized carbons (Fsp3) is 0.524. The van der Waals surface area contributed by atoms with E-state index in [-0.39, 0.29) is 17.9 Å². The van der Waals surface area contributed by atoms with E-state index in [0.29, 0.717) is 19.0 Å². The largest absolute Gasteiger partial charge is 0.497 e. The summed E-state index contributed by atoms with van der Waals surface area (Å²) in [6.45, 7) is 1.19. The Morgan fingerprint density at radius 2 is 2.07 bits per heavy atom. The number of aromatic nitrogens is 2. The third kappa shape index (κ3) is 3.58. The third-order valence-electron chi connectivity index (χ3n) is 6.09. The standard InChI is InChI=1S/C21H28N4O2/c1-27-16-9-5-8-15(10-16)18-12-25(13-19(18)22)21(26)17-11-23-24-20(17)14-6-3-2-4-7-14/h5,8-11,14,18-19H,2-4,6-7,12-13,22H2,1H3,(H,23,24)/t18-,19+/m1/s1. The molecule has 1 aliphatic carbocycles. The summed E-state index contributed by atoms with van der Waals surface area (Å²) < 4.78 is 5.33. The number of carbonyl (C=O) groups excluding carboxylic acids is 1. The fourth-order valence-corrected chi connectivity index (χ4v) is 4.56. The maximum absolute atomic E-state index is 13.2. The molecule has 144 valence electrons. The Balaban J connectivity index is 1.51. The minimum atomic E-state index is -0.0777. The number of benzene rings is 1. The average Bonchev–Trinajstić information content (AvgIpc) is 3.35. The number of hydrogen-bond acceptors (Lipinski definition) is 4. The molecule has 1 amide bonds. The summed E-state index contributed by atoms with van der Waals surface area (Å²) in [5.41, 5.74) is 9.26. The van der Waals surface area contributed by atoms with E-state index in [1.165, 1.54) is 19.3 Å². The zero-order valence-corrected chi connectivity index (χ0v) is 15.9. The Morgan fingerprint density at radius 3 is 2.85 bits per heavy atom. The second-order valence-corrected chi connectivity index (χ2v) is 7.79. The van der Waals surface area contributed by atoms with Gasteiger partial charge in [-0.15, -0.1) is 0 Å². The fourth-order valence-electron chi connectivity index (χ4n) is 4.56. The number of ether oxygens (including phenoxy) is 1. The van der Waals surface area contributed by atoms with E-state index in [4.69, 9.17) is 10.5 Å². The van der Waals surface area contributed by atoms with Gasteiger partial charge in [-0.1, -0.05) is 31.4 Å². The molecule has 1 saturated carbocycles. The predicted octanol–water partition coefficient (Wildman–Crippen LogP) is 3.03. The van der Waals surface area contributed by atoms with Crippen LogP contribution in [0.25, 0.3) is 0 Å². The first-order valence-corrected chi connectivity index (χ1v) is 9.89. The summed E-state index contributed by atoms with van der Waals surface area (Å²) in [5.74, 6) is 1.41. The Labute approximate surface area is 160 Å². The summed E-state index contributed by atoms with van der Waals surface area (Å²) in [4.78, 5) is 15.1. The van der Waals surface area contributed by atoms with Crippen LogP contribution in [0.1, 0.15) is 65.6 Å². The lowest BCUT2D eigenvalue weighted by atomic mass is 9.85. The lowest BCUT2D eigenvalue weighted by molar-refractivity contribution is 0.0787. The first-order chi connectivity index (χ1) is 13.2.